The van der Waals surface area contributed by atoms with Crippen LogP contribution in [0, 0.1) is 10.1 Å². The van der Waals surface area contributed by atoms with Gasteiger partial charge in [-0.1, -0.05) is 6.07 Å². The van der Waals surface area contributed by atoms with Gasteiger partial charge in [0.25, 0.3) is 11.6 Å². The van der Waals surface area contributed by atoms with Crippen LogP contribution in [0.5, 0.6) is 0 Å². The van der Waals surface area contributed by atoms with Crippen molar-refractivity contribution in [2.45, 2.75) is 13.0 Å². The van der Waals surface area contributed by atoms with E-state index in [2.05, 4.69) is 10.1 Å². The molecule has 0 aliphatic carbocycles. The van der Waals surface area contributed by atoms with Crippen LogP contribution in [0.15, 0.2) is 35.7 Å². The Morgan fingerprint density at radius 1 is 1.22 bits per heavy atom. The number of carbonyl (C=O) groups is 3. The molecule has 0 spiro atoms. The summed E-state index contributed by atoms with van der Waals surface area (Å²) in [5.74, 6) is -2.33. The lowest BCUT2D eigenvalue weighted by atomic mass is 10.1. The molecule has 1 N–H and O–H groups in total. The zero-order chi connectivity index (χ0) is 20.0. The van der Waals surface area contributed by atoms with Crippen LogP contribution < -0.4 is 5.32 Å². The molecule has 0 radical (unpaired) electrons. The maximum atomic E-state index is 12.1. The predicted octanol–water partition coefficient (Wildman–Crippen LogP) is 2.48. The second kappa shape index (κ2) is 8.90. The van der Waals surface area contributed by atoms with Crippen LogP contribution in [-0.4, -0.2) is 36.5 Å². The standard InChI is InChI=1S/C17H16N2O7S/c1-10(14-4-3-5-27-14)18-15(20)9-26-17(22)12-6-11(16(21)25-2)7-13(8-12)19(23)24/h3-8,10H,9H2,1-2H3,(H,18,20)/t10-/m1/s1. The number of ether oxygens (including phenoxy) is 2. The molecule has 1 aromatic heterocycles. The molecule has 0 fully saturated rings. The lowest BCUT2D eigenvalue weighted by Gasteiger charge is -2.12. The number of hydrogen-bond acceptors (Lipinski definition) is 8. The number of nitro benzene ring substituents is 1. The maximum absolute atomic E-state index is 12.1. The van der Waals surface area contributed by atoms with Gasteiger partial charge in [-0.25, -0.2) is 9.59 Å². The molecule has 142 valence electrons. The van der Waals surface area contributed by atoms with Gasteiger partial charge in [-0.3, -0.25) is 14.9 Å². The third kappa shape index (κ3) is 5.35. The number of methoxy groups -OCH3 is 1. The summed E-state index contributed by atoms with van der Waals surface area (Å²) >= 11 is 1.47. The van der Waals surface area contributed by atoms with Gasteiger partial charge in [-0.2, -0.15) is 0 Å². The molecule has 1 heterocycles. The molecule has 2 rings (SSSR count). The number of thiophene rings is 1. The smallest absolute Gasteiger partial charge is 0.338 e. The van der Waals surface area contributed by atoms with Gasteiger partial charge in [0, 0.05) is 17.0 Å². The molecule has 10 heteroatoms. The van der Waals surface area contributed by atoms with Gasteiger partial charge in [0.05, 0.1) is 29.2 Å². The van der Waals surface area contributed by atoms with E-state index in [-0.39, 0.29) is 17.2 Å². The quantitative estimate of drug-likeness (QED) is 0.436. The zero-order valence-corrected chi connectivity index (χ0v) is 15.3. The number of benzene rings is 1. The largest absolute Gasteiger partial charge is 0.465 e. The van der Waals surface area contributed by atoms with Crippen LogP contribution in [0.25, 0.3) is 0 Å². The summed E-state index contributed by atoms with van der Waals surface area (Å²) in [6.07, 6.45) is 0. The fourth-order valence-electron chi connectivity index (χ4n) is 2.18. The molecule has 1 aromatic carbocycles. The van der Waals surface area contributed by atoms with Crippen molar-refractivity contribution in [3.63, 3.8) is 0 Å². The molecule has 1 amide bonds. The molecular weight excluding hydrogens is 376 g/mol. The van der Waals surface area contributed by atoms with Crippen molar-refractivity contribution in [2.75, 3.05) is 13.7 Å². The molecule has 9 nitrogen and oxygen atoms in total. The van der Waals surface area contributed by atoms with Gasteiger partial charge in [-0.05, 0) is 24.4 Å². The van der Waals surface area contributed by atoms with E-state index >= 15 is 0 Å². The van der Waals surface area contributed by atoms with Gasteiger partial charge in [0.1, 0.15) is 0 Å². The molecule has 0 unspecified atom stereocenters. The Kier molecular flexibility index (Phi) is 6.61. The number of carbonyl (C=O) groups excluding carboxylic acids is 3. The molecule has 0 aliphatic heterocycles. The van der Waals surface area contributed by atoms with E-state index in [0.717, 1.165) is 30.2 Å². The Bertz CT molecular complexity index is 864. The minimum atomic E-state index is -0.970. The Hall–Kier alpha value is -3.27. The van der Waals surface area contributed by atoms with Gasteiger partial charge >= 0.3 is 11.9 Å². The zero-order valence-electron chi connectivity index (χ0n) is 14.5. The SMILES string of the molecule is COC(=O)c1cc(C(=O)OCC(=O)N[C@H](C)c2cccs2)cc([N+](=O)[O-])c1. The average Bonchev–Trinajstić information content (AvgIpc) is 3.19. The summed E-state index contributed by atoms with van der Waals surface area (Å²) in [6, 6.07) is 6.51. The first-order valence-corrected chi connectivity index (χ1v) is 8.57. The number of nitrogens with one attached hydrogen (secondary N) is 1. The average molecular weight is 392 g/mol. The van der Waals surface area contributed by atoms with Crippen LogP contribution in [-0.2, 0) is 14.3 Å². The normalized spacial score (nSPS) is 11.3. The monoisotopic (exact) mass is 392 g/mol. The highest BCUT2D eigenvalue weighted by molar-refractivity contribution is 7.10. The van der Waals surface area contributed by atoms with E-state index in [1.165, 1.54) is 11.3 Å². The minimum Gasteiger partial charge on any atom is -0.465 e. The fraction of sp³-hybridized carbons (Fsp3) is 0.235. The summed E-state index contributed by atoms with van der Waals surface area (Å²) in [5, 5.41) is 15.5. The van der Waals surface area contributed by atoms with Crippen molar-refractivity contribution in [2.24, 2.45) is 0 Å². The lowest BCUT2D eigenvalue weighted by Crippen LogP contribution is -2.30. The summed E-state index contributed by atoms with van der Waals surface area (Å²) in [4.78, 5) is 46.8. The number of rotatable bonds is 7. The van der Waals surface area contributed by atoms with Crippen LogP contribution in [0.3, 0.4) is 0 Å². The number of nitro groups is 1. The van der Waals surface area contributed by atoms with Gasteiger partial charge in [0.15, 0.2) is 6.61 Å². The first-order valence-electron chi connectivity index (χ1n) is 7.69. The van der Waals surface area contributed by atoms with E-state index in [0.29, 0.717) is 0 Å². The van der Waals surface area contributed by atoms with Crippen LogP contribution in [0.4, 0.5) is 5.69 Å². The second-order valence-electron chi connectivity index (χ2n) is 5.40. The maximum Gasteiger partial charge on any atom is 0.338 e. The van der Waals surface area contributed by atoms with E-state index in [1.807, 2.05) is 17.5 Å². The van der Waals surface area contributed by atoms with E-state index in [1.54, 1.807) is 6.92 Å². The molecule has 0 saturated heterocycles. The first kappa shape index (κ1) is 20.0. The summed E-state index contributed by atoms with van der Waals surface area (Å²) in [6.45, 7) is 1.22. The number of hydrogen-bond donors (Lipinski definition) is 1. The highest BCUT2D eigenvalue weighted by Gasteiger charge is 2.20. The second-order valence-corrected chi connectivity index (χ2v) is 6.38. The van der Waals surface area contributed by atoms with E-state index in [9.17, 15) is 24.5 Å². The predicted molar refractivity (Wildman–Crippen MR) is 95.6 cm³/mol. The number of non-ortho nitro benzene ring substituents is 1. The van der Waals surface area contributed by atoms with Crippen molar-refractivity contribution in [3.05, 3.63) is 61.8 Å². The van der Waals surface area contributed by atoms with Crippen molar-refractivity contribution in [1.29, 1.82) is 0 Å². The number of nitrogens with zero attached hydrogens (tertiary/aromatic N) is 1. The molecular formula is C17H16N2O7S. The lowest BCUT2D eigenvalue weighted by molar-refractivity contribution is -0.384. The van der Waals surface area contributed by atoms with Crippen LogP contribution in [0.1, 0.15) is 38.6 Å². The molecule has 0 bridgehead atoms. The Morgan fingerprint density at radius 2 is 1.89 bits per heavy atom. The van der Waals surface area contributed by atoms with Crippen molar-refractivity contribution < 1.29 is 28.8 Å². The first-order chi connectivity index (χ1) is 12.8. The molecule has 1 atom stereocenters. The topological polar surface area (TPSA) is 125 Å². The Morgan fingerprint density at radius 3 is 2.44 bits per heavy atom. The third-order valence-electron chi connectivity index (χ3n) is 3.47. The fourth-order valence-corrected chi connectivity index (χ4v) is 2.91. The summed E-state index contributed by atoms with van der Waals surface area (Å²) in [7, 11) is 1.11. The molecule has 0 aliphatic rings. The third-order valence-corrected chi connectivity index (χ3v) is 4.52. The van der Waals surface area contributed by atoms with E-state index in [4.69, 9.17) is 4.74 Å². The van der Waals surface area contributed by atoms with Crippen molar-refractivity contribution >= 4 is 34.9 Å². The van der Waals surface area contributed by atoms with Gasteiger partial charge in [-0.15, -0.1) is 11.3 Å². The molecule has 2 aromatic rings. The highest BCUT2D eigenvalue weighted by Crippen LogP contribution is 2.19. The van der Waals surface area contributed by atoms with Crippen molar-refractivity contribution in [1.82, 2.24) is 5.32 Å². The van der Waals surface area contributed by atoms with Crippen molar-refractivity contribution in [3.8, 4) is 0 Å². The summed E-state index contributed by atoms with van der Waals surface area (Å²) in [5.41, 5.74) is -0.876. The number of esters is 2. The van der Waals surface area contributed by atoms with Crippen LogP contribution >= 0.6 is 11.3 Å². The van der Waals surface area contributed by atoms with E-state index < -0.39 is 35.1 Å². The minimum absolute atomic E-state index is 0.172. The van der Waals surface area contributed by atoms with Gasteiger partial charge < -0.3 is 14.8 Å². The Balaban J connectivity index is 2.04. The highest BCUT2D eigenvalue weighted by atomic mass is 32.1. The van der Waals surface area contributed by atoms with Crippen LogP contribution in [0.2, 0.25) is 0 Å². The van der Waals surface area contributed by atoms with Gasteiger partial charge in [0.2, 0.25) is 0 Å². The molecule has 0 saturated carbocycles. The Labute approximate surface area is 158 Å². The summed E-state index contributed by atoms with van der Waals surface area (Å²) < 4.78 is 9.40. The number of amides is 1. The molecule has 27 heavy (non-hydrogen) atoms.